The van der Waals surface area contributed by atoms with Gasteiger partial charge >= 0.3 is 0 Å². The van der Waals surface area contributed by atoms with Gasteiger partial charge < -0.3 is 10.1 Å². The van der Waals surface area contributed by atoms with E-state index in [1.807, 2.05) is 24.3 Å². The summed E-state index contributed by atoms with van der Waals surface area (Å²) in [4.78, 5) is 22.5. The second-order valence-electron chi connectivity index (χ2n) is 5.76. The van der Waals surface area contributed by atoms with Crippen molar-refractivity contribution in [1.82, 2.24) is 0 Å². The largest absolute Gasteiger partial charge is 0.494 e. The molecule has 126 valence electrons. The van der Waals surface area contributed by atoms with Crippen LogP contribution in [-0.2, 0) is 11.2 Å². The summed E-state index contributed by atoms with van der Waals surface area (Å²) in [6, 6.07) is 12.0. The van der Waals surface area contributed by atoms with Gasteiger partial charge in [-0.2, -0.15) is 0 Å². The van der Waals surface area contributed by atoms with Gasteiger partial charge in [0.1, 0.15) is 5.75 Å². The first-order chi connectivity index (χ1) is 11.4. The molecule has 6 nitrogen and oxygen atoms in total. The summed E-state index contributed by atoms with van der Waals surface area (Å²) in [5, 5.41) is 13.5. The lowest BCUT2D eigenvalue weighted by molar-refractivity contribution is -0.384. The van der Waals surface area contributed by atoms with E-state index in [4.69, 9.17) is 4.74 Å². The first-order valence-corrected chi connectivity index (χ1v) is 7.62. The van der Waals surface area contributed by atoms with Crippen LogP contribution < -0.4 is 10.1 Å². The van der Waals surface area contributed by atoms with Gasteiger partial charge in [0.25, 0.3) is 5.69 Å². The van der Waals surface area contributed by atoms with E-state index >= 15 is 0 Å². The fourth-order valence-corrected chi connectivity index (χ4v) is 2.30. The van der Waals surface area contributed by atoms with Crippen molar-refractivity contribution < 1.29 is 14.5 Å². The Labute approximate surface area is 140 Å². The minimum Gasteiger partial charge on any atom is -0.494 e. The summed E-state index contributed by atoms with van der Waals surface area (Å²) in [5.74, 6) is 0.490. The van der Waals surface area contributed by atoms with E-state index in [9.17, 15) is 14.9 Å². The lowest BCUT2D eigenvalue weighted by Crippen LogP contribution is -2.15. The highest BCUT2D eigenvalue weighted by atomic mass is 16.6. The van der Waals surface area contributed by atoms with Crippen LogP contribution in [0.4, 0.5) is 11.4 Å². The van der Waals surface area contributed by atoms with Crippen molar-refractivity contribution in [2.45, 2.75) is 26.2 Å². The van der Waals surface area contributed by atoms with Crippen molar-refractivity contribution in [3.63, 3.8) is 0 Å². The Balaban J connectivity index is 2.08. The number of ether oxygens (including phenoxy) is 1. The van der Waals surface area contributed by atoms with Crippen LogP contribution in [0.15, 0.2) is 42.5 Å². The molecule has 0 bridgehead atoms. The molecule has 0 fully saturated rings. The van der Waals surface area contributed by atoms with Crippen LogP contribution >= 0.6 is 0 Å². The molecular weight excluding hydrogens is 308 g/mol. The van der Waals surface area contributed by atoms with E-state index in [1.54, 1.807) is 0 Å². The Morgan fingerprint density at radius 1 is 1.21 bits per heavy atom. The van der Waals surface area contributed by atoms with Crippen LogP contribution in [0, 0.1) is 10.1 Å². The monoisotopic (exact) mass is 328 g/mol. The van der Waals surface area contributed by atoms with E-state index in [-0.39, 0.29) is 23.8 Å². The van der Waals surface area contributed by atoms with Crippen LogP contribution in [0.25, 0.3) is 0 Å². The van der Waals surface area contributed by atoms with Gasteiger partial charge in [-0.05, 0) is 23.1 Å². The SMILES string of the molecule is COc1cc([N+](=O)[O-])ccc1NC(=O)Cc1ccc(C(C)C)cc1. The number of carbonyl (C=O) groups is 1. The molecule has 0 spiro atoms. The van der Waals surface area contributed by atoms with Gasteiger partial charge in [0.2, 0.25) is 5.91 Å². The van der Waals surface area contributed by atoms with Gasteiger partial charge in [0.05, 0.1) is 30.2 Å². The van der Waals surface area contributed by atoms with Gasteiger partial charge in [-0.1, -0.05) is 38.1 Å². The molecule has 2 aromatic rings. The van der Waals surface area contributed by atoms with Crippen molar-refractivity contribution in [2.75, 3.05) is 12.4 Å². The number of carbonyl (C=O) groups excluding carboxylic acids is 1. The second-order valence-corrected chi connectivity index (χ2v) is 5.76. The van der Waals surface area contributed by atoms with Crippen molar-refractivity contribution in [2.24, 2.45) is 0 Å². The van der Waals surface area contributed by atoms with Gasteiger partial charge in [0.15, 0.2) is 0 Å². The topological polar surface area (TPSA) is 81.5 Å². The molecule has 0 radical (unpaired) electrons. The van der Waals surface area contributed by atoms with Crippen LogP contribution in [0.2, 0.25) is 0 Å². The molecule has 0 aromatic heterocycles. The first kappa shape index (κ1) is 17.5. The molecule has 2 rings (SSSR count). The number of nitrogens with zero attached hydrogens (tertiary/aromatic N) is 1. The predicted octanol–water partition coefficient (Wildman–Crippen LogP) is 3.91. The highest BCUT2D eigenvalue weighted by molar-refractivity contribution is 5.93. The average molecular weight is 328 g/mol. The fourth-order valence-electron chi connectivity index (χ4n) is 2.30. The van der Waals surface area contributed by atoms with Crippen molar-refractivity contribution >= 4 is 17.3 Å². The number of nitro groups is 1. The van der Waals surface area contributed by atoms with Gasteiger partial charge in [-0.25, -0.2) is 0 Å². The molecule has 0 saturated heterocycles. The molecule has 0 aliphatic carbocycles. The lowest BCUT2D eigenvalue weighted by atomic mass is 10.0. The summed E-state index contributed by atoms with van der Waals surface area (Å²) in [7, 11) is 1.40. The number of hydrogen-bond donors (Lipinski definition) is 1. The molecule has 0 aliphatic heterocycles. The molecule has 0 heterocycles. The molecule has 1 N–H and O–H groups in total. The molecule has 6 heteroatoms. The third-order valence-electron chi connectivity index (χ3n) is 3.68. The zero-order valence-corrected chi connectivity index (χ0v) is 13.9. The standard InChI is InChI=1S/C18H20N2O4/c1-12(2)14-6-4-13(5-7-14)10-18(21)19-16-9-8-15(20(22)23)11-17(16)24-3/h4-9,11-12H,10H2,1-3H3,(H,19,21). The minimum atomic E-state index is -0.510. The van der Waals surface area contributed by atoms with E-state index in [1.165, 1.54) is 30.9 Å². The number of non-ortho nitro benzene ring substituents is 1. The van der Waals surface area contributed by atoms with E-state index < -0.39 is 4.92 Å². The average Bonchev–Trinajstić information content (AvgIpc) is 2.55. The first-order valence-electron chi connectivity index (χ1n) is 7.62. The van der Waals surface area contributed by atoms with Crippen molar-refractivity contribution in [3.05, 3.63) is 63.7 Å². The van der Waals surface area contributed by atoms with E-state index in [0.29, 0.717) is 11.6 Å². The third-order valence-corrected chi connectivity index (χ3v) is 3.68. The summed E-state index contributed by atoms with van der Waals surface area (Å²) in [6.07, 6.45) is 0.221. The van der Waals surface area contributed by atoms with E-state index in [2.05, 4.69) is 19.2 Å². The molecule has 0 atom stereocenters. The Hall–Kier alpha value is -2.89. The number of rotatable bonds is 6. The number of hydrogen-bond acceptors (Lipinski definition) is 4. The second kappa shape index (κ2) is 7.59. The van der Waals surface area contributed by atoms with Crippen LogP contribution in [0.3, 0.4) is 0 Å². The maximum atomic E-state index is 12.2. The number of amides is 1. The normalized spacial score (nSPS) is 10.5. The molecule has 0 unspecified atom stereocenters. The maximum absolute atomic E-state index is 12.2. The van der Waals surface area contributed by atoms with Crippen molar-refractivity contribution in [1.29, 1.82) is 0 Å². The third kappa shape index (κ3) is 4.32. The zero-order valence-electron chi connectivity index (χ0n) is 13.9. The molecule has 0 saturated carbocycles. The van der Waals surface area contributed by atoms with Crippen molar-refractivity contribution in [3.8, 4) is 5.75 Å². The lowest BCUT2D eigenvalue weighted by Gasteiger charge is -2.10. The number of nitro benzene ring substituents is 1. The van der Waals surface area contributed by atoms with Crippen LogP contribution in [-0.4, -0.2) is 17.9 Å². The fraction of sp³-hybridized carbons (Fsp3) is 0.278. The predicted molar refractivity (Wildman–Crippen MR) is 92.5 cm³/mol. The molecule has 1 amide bonds. The summed E-state index contributed by atoms with van der Waals surface area (Å²) >= 11 is 0. The smallest absolute Gasteiger partial charge is 0.273 e. The Morgan fingerprint density at radius 2 is 1.88 bits per heavy atom. The molecule has 0 aliphatic rings. The summed E-state index contributed by atoms with van der Waals surface area (Å²) in [5.41, 5.74) is 2.44. The van der Waals surface area contributed by atoms with Crippen LogP contribution in [0.5, 0.6) is 5.75 Å². The zero-order chi connectivity index (χ0) is 17.7. The highest BCUT2D eigenvalue weighted by Gasteiger charge is 2.13. The Kier molecular flexibility index (Phi) is 5.52. The maximum Gasteiger partial charge on any atom is 0.273 e. The van der Waals surface area contributed by atoms with E-state index in [0.717, 1.165) is 5.56 Å². The quantitative estimate of drug-likeness (QED) is 0.644. The Morgan fingerprint density at radius 3 is 2.42 bits per heavy atom. The summed E-state index contributed by atoms with van der Waals surface area (Å²) < 4.78 is 5.11. The van der Waals surface area contributed by atoms with Gasteiger partial charge in [-0.3, -0.25) is 14.9 Å². The van der Waals surface area contributed by atoms with Crippen LogP contribution in [0.1, 0.15) is 30.9 Å². The van der Waals surface area contributed by atoms with Gasteiger partial charge in [-0.15, -0.1) is 0 Å². The number of methoxy groups -OCH3 is 1. The summed E-state index contributed by atoms with van der Waals surface area (Å²) in [6.45, 7) is 4.23. The molecule has 2 aromatic carbocycles. The van der Waals surface area contributed by atoms with Gasteiger partial charge in [0, 0.05) is 6.07 Å². The Bertz CT molecular complexity index is 739. The number of anilines is 1. The highest BCUT2D eigenvalue weighted by Crippen LogP contribution is 2.29. The molecular formula is C18H20N2O4. The number of nitrogens with one attached hydrogen (secondary N) is 1. The molecule has 24 heavy (non-hydrogen) atoms. The number of benzene rings is 2. The minimum absolute atomic E-state index is 0.0888.